The molecule has 2 rings (SSSR count). The van der Waals surface area contributed by atoms with Crippen LogP contribution < -0.4 is 5.32 Å². The molecule has 0 amide bonds. The third-order valence-electron chi connectivity index (χ3n) is 2.90. The molecule has 0 aliphatic carbocycles. The maximum absolute atomic E-state index is 3.99. The third kappa shape index (κ3) is 2.16. The number of hydrogen-bond donors (Lipinski definition) is 1. The van der Waals surface area contributed by atoms with Gasteiger partial charge in [0.1, 0.15) is 0 Å². The number of hydrogen-bond acceptors (Lipinski definition) is 1. The molecule has 1 fully saturated rings. The Kier molecular flexibility index (Phi) is 2.87. The maximum Gasteiger partial charge on any atom is 0.0212 e. The van der Waals surface area contributed by atoms with Crippen LogP contribution in [0.4, 0.5) is 0 Å². The molecule has 0 bridgehead atoms. The Balaban J connectivity index is 2.08. The second kappa shape index (κ2) is 4.32. The van der Waals surface area contributed by atoms with Gasteiger partial charge in [-0.2, -0.15) is 0 Å². The average Bonchev–Trinajstić information content (AvgIpc) is 2.44. The fraction of sp³-hybridized carbons (Fsp3) is 0.385. The van der Waals surface area contributed by atoms with E-state index >= 15 is 0 Å². The molecule has 0 aromatic heterocycles. The lowest BCUT2D eigenvalue weighted by Gasteiger charge is -2.14. The molecular weight excluding hydrogens is 170 g/mol. The Morgan fingerprint density at radius 1 is 1.21 bits per heavy atom. The monoisotopic (exact) mass is 187 g/mol. The summed E-state index contributed by atoms with van der Waals surface area (Å²) in [6, 6.07) is 10.8. The van der Waals surface area contributed by atoms with Gasteiger partial charge < -0.3 is 5.32 Å². The summed E-state index contributed by atoms with van der Waals surface area (Å²) in [5, 5.41) is 3.40. The van der Waals surface area contributed by atoms with Crippen LogP contribution in [0.25, 0.3) is 0 Å². The molecule has 1 heteroatoms. The van der Waals surface area contributed by atoms with Crippen molar-refractivity contribution in [1.29, 1.82) is 0 Å². The first kappa shape index (κ1) is 9.32. The zero-order valence-electron chi connectivity index (χ0n) is 8.50. The lowest BCUT2D eigenvalue weighted by Crippen LogP contribution is -2.17. The van der Waals surface area contributed by atoms with E-state index in [4.69, 9.17) is 0 Å². The van der Waals surface area contributed by atoms with Crippen molar-refractivity contribution in [1.82, 2.24) is 5.32 Å². The van der Waals surface area contributed by atoms with Crippen molar-refractivity contribution in [3.8, 4) is 0 Å². The quantitative estimate of drug-likeness (QED) is 0.712. The van der Waals surface area contributed by atoms with Gasteiger partial charge in [0.05, 0.1) is 0 Å². The van der Waals surface area contributed by atoms with Crippen molar-refractivity contribution in [3.63, 3.8) is 0 Å². The van der Waals surface area contributed by atoms with Gasteiger partial charge >= 0.3 is 0 Å². The van der Waals surface area contributed by atoms with Crippen LogP contribution in [0.5, 0.6) is 0 Å². The van der Waals surface area contributed by atoms with Gasteiger partial charge in [-0.1, -0.05) is 36.9 Å². The van der Waals surface area contributed by atoms with E-state index in [1.54, 1.807) is 0 Å². The molecule has 1 aliphatic heterocycles. The molecule has 1 saturated heterocycles. The van der Waals surface area contributed by atoms with Crippen molar-refractivity contribution < 1.29 is 0 Å². The van der Waals surface area contributed by atoms with Gasteiger partial charge in [-0.15, -0.1) is 0 Å². The highest BCUT2D eigenvalue weighted by Gasteiger charge is 2.14. The zero-order chi connectivity index (χ0) is 9.80. The summed E-state index contributed by atoms with van der Waals surface area (Å²) in [4.78, 5) is 0. The van der Waals surface area contributed by atoms with E-state index in [1.807, 2.05) is 0 Å². The van der Waals surface area contributed by atoms with Gasteiger partial charge in [-0.3, -0.25) is 0 Å². The van der Waals surface area contributed by atoms with Crippen LogP contribution in [0.15, 0.2) is 42.6 Å². The molecule has 1 aromatic carbocycles. The highest BCUT2D eigenvalue weighted by atomic mass is 14.9. The van der Waals surface area contributed by atoms with Gasteiger partial charge in [0, 0.05) is 18.2 Å². The summed E-state index contributed by atoms with van der Waals surface area (Å²) in [6.07, 6.45) is 3.66. The van der Waals surface area contributed by atoms with E-state index in [1.165, 1.54) is 24.1 Å². The van der Waals surface area contributed by atoms with Crippen molar-refractivity contribution >= 4 is 0 Å². The third-order valence-corrected chi connectivity index (χ3v) is 2.90. The summed E-state index contributed by atoms with van der Waals surface area (Å²) in [5.41, 5.74) is 2.65. The number of allylic oxidation sites excluding steroid dienone is 1. The summed E-state index contributed by atoms with van der Waals surface area (Å²) in [5.74, 6) is 0.662. The topological polar surface area (TPSA) is 12.0 Å². The number of nitrogens with one attached hydrogen (secondary N) is 1. The first-order valence-corrected chi connectivity index (χ1v) is 5.33. The molecule has 1 N–H and O–H groups in total. The minimum absolute atomic E-state index is 0.662. The van der Waals surface area contributed by atoms with Crippen LogP contribution in [0.3, 0.4) is 0 Å². The summed E-state index contributed by atoms with van der Waals surface area (Å²) >= 11 is 0. The number of rotatable bonds is 1. The van der Waals surface area contributed by atoms with Crippen molar-refractivity contribution in [2.45, 2.75) is 25.2 Å². The van der Waals surface area contributed by atoms with Gasteiger partial charge in [0.15, 0.2) is 0 Å². The van der Waals surface area contributed by atoms with Crippen molar-refractivity contribution in [2.75, 3.05) is 6.54 Å². The normalized spacial score (nSPS) is 22.6. The average molecular weight is 187 g/mol. The van der Waals surface area contributed by atoms with Gasteiger partial charge in [0.2, 0.25) is 0 Å². The van der Waals surface area contributed by atoms with Crippen LogP contribution >= 0.6 is 0 Å². The lowest BCUT2D eigenvalue weighted by atomic mass is 9.95. The van der Waals surface area contributed by atoms with Crippen LogP contribution in [0.1, 0.15) is 30.7 Å². The highest BCUT2D eigenvalue weighted by Crippen LogP contribution is 2.24. The lowest BCUT2D eigenvalue weighted by molar-refractivity contribution is 0.615. The Labute approximate surface area is 85.8 Å². The van der Waals surface area contributed by atoms with Crippen LogP contribution in [-0.2, 0) is 0 Å². The first-order chi connectivity index (χ1) is 6.86. The van der Waals surface area contributed by atoms with Crippen LogP contribution in [-0.4, -0.2) is 6.54 Å². The molecule has 0 radical (unpaired) electrons. The van der Waals surface area contributed by atoms with Crippen molar-refractivity contribution in [3.05, 3.63) is 48.2 Å². The molecule has 0 saturated carbocycles. The molecule has 74 valence electrons. The molecule has 1 aliphatic rings. The second-order valence-corrected chi connectivity index (χ2v) is 3.98. The van der Waals surface area contributed by atoms with Crippen LogP contribution in [0, 0.1) is 0 Å². The molecule has 1 atom stereocenters. The van der Waals surface area contributed by atoms with E-state index in [0.29, 0.717) is 5.92 Å². The van der Waals surface area contributed by atoms with E-state index in [9.17, 15) is 0 Å². The maximum atomic E-state index is 3.99. The number of benzene rings is 1. The fourth-order valence-electron chi connectivity index (χ4n) is 2.03. The highest BCUT2D eigenvalue weighted by molar-refractivity contribution is 5.20. The van der Waals surface area contributed by atoms with E-state index in [-0.39, 0.29) is 0 Å². The van der Waals surface area contributed by atoms with Gasteiger partial charge in [0.25, 0.3) is 0 Å². The predicted molar refractivity (Wildman–Crippen MR) is 60.2 cm³/mol. The SMILES string of the molecule is C=C1CCCC(c2ccccc2)CN1. The van der Waals surface area contributed by atoms with E-state index in [0.717, 1.165) is 13.0 Å². The Morgan fingerprint density at radius 3 is 2.79 bits per heavy atom. The van der Waals surface area contributed by atoms with Crippen LogP contribution in [0.2, 0.25) is 0 Å². The summed E-state index contributed by atoms with van der Waals surface area (Å²) < 4.78 is 0. The molecule has 14 heavy (non-hydrogen) atoms. The molecule has 1 unspecified atom stereocenters. The minimum Gasteiger partial charge on any atom is -0.388 e. The first-order valence-electron chi connectivity index (χ1n) is 5.33. The zero-order valence-corrected chi connectivity index (χ0v) is 8.50. The Bertz CT molecular complexity index is 302. The summed E-state index contributed by atoms with van der Waals surface area (Å²) in [7, 11) is 0. The molecule has 1 nitrogen and oxygen atoms in total. The molecular formula is C13H17N. The largest absolute Gasteiger partial charge is 0.388 e. The van der Waals surface area contributed by atoms with Crippen molar-refractivity contribution in [2.24, 2.45) is 0 Å². The molecule has 1 aromatic rings. The fourth-order valence-corrected chi connectivity index (χ4v) is 2.03. The Morgan fingerprint density at radius 2 is 2.00 bits per heavy atom. The summed E-state index contributed by atoms with van der Waals surface area (Å²) in [6.45, 7) is 5.04. The second-order valence-electron chi connectivity index (χ2n) is 3.98. The standard InChI is InChI=1S/C13H17N/c1-11-6-5-9-13(10-14-11)12-7-3-2-4-8-12/h2-4,7-8,13-14H,1,5-6,9-10H2. The molecule has 1 heterocycles. The van der Waals surface area contributed by atoms with Gasteiger partial charge in [-0.25, -0.2) is 0 Å². The smallest absolute Gasteiger partial charge is 0.0212 e. The predicted octanol–water partition coefficient (Wildman–Crippen LogP) is 3.06. The Hall–Kier alpha value is -1.24. The van der Waals surface area contributed by atoms with E-state index in [2.05, 4.69) is 42.2 Å². The van der Waals surface area contributed by atoms with Gasteiger partial charge in [-0.05, 0) is 24.8 Å². The minimum atomic E-state index is 0.662. The van der Waals surface area contributed by atoms with E-state index < -0.39 is 0 Å². The molecule has 0 spiro atoms.